The lowest BCUT2D eigenvalue weighted by molar-refractivity contribution is -0.125. The van der Waals surface area contributed by atoms with Gasteiger partial charge in [-0.05, 0) is 30.2 Å². The number of hydrogen-bond donors (Lipinski definition) is 2. The number of hydrogen-bond acceptors (Lipinski definition) is 5. The summed E-state index contributed by atoms with van der Waals surface area (Å²) in [6.07, 6.45) is 1.50. The van der Waals surface area contributed by atoms with Crippen molar-refractivity contribution in [1.82, 2.24) is 5.43 Å². The summed E-state index contributed by atoms with van der Waals surface area (Å²) < 4.78 is -2.05. The molecule has 10 heteroatoms. The molecule has 0 spiro atoms. The standard InChI is InChI=1S/C19H17Cl3N4O3/c1-13(15-7-9-16(10-8-15)24-18(28)19(20,21)22)25-26-17(27)12-29-23-11-14-5-3-2-4-6-14/h2-11H,12H2,1H3,(H,24,28)(H,26,27). The zero-order valence-electron chi connectivity index (χ0n) is 15.2. The van der Waals surface area contributed by atoms with Crippen molar-refractivity contribution in [3.05, 3.63) is 65.7 Å². The van der Waals surface area contributed by atoms with Crippen LogP contribution in [-0.4, -0.2) is 34.1 Å². The third-order valence-electron chi connectivity index (χ3n) is 3.44. The van der Waals surface area contributed by atoms with Crippen molar-refractivity contribution >= 4 is 64.2 Å². The van der Waals surface area contributed by atoms with Gasteiger partial charge in [0.2, 0.25) is 0 Å². The van der Waals surface area contributed by atoms with Crippen molar-refractivity contribution in [2.24, 2.45) is 10.3 Å². The Kier molecular flexibility index (Phi) is 8.45. The van der Waals surface area contributed by atoms with Crippen LogP contribution in [0, 0.1) is 0 Å². The van der Waals surface area contributed by atoms with Gasteiger partial charge in [-0.3, -0.25) is 9.59 Å². The van der Waals surface area contributed by atoms with Gasteiger partial charge < -0.3 is 10.2 Å². The second kappa shape index (κ2) is 10.8. The van der Waals surface area contributed by atoms with E-state index in [0.717, 1.165) is 11.1 Å². The second-order valence-electron chi connectivity index (χ2n) is 5.68. The van der Waals surface area contributed by atoms with Crippen LogP contribution in [0.4, 0.5) is 5.69 Å². The summed E-state index contributed by atoms with van der Waals surface area (Å²) in [5, 5.41) is 10.2. The number of anilines is 1. The third-order valence-corrected chi connectivity index (χ3v) is 3.95. The Labute approximate surface area is 182 Å². The minimum Gasteiger partial charge on any atom is -0.386 e. The summed E-state index contributed by atoms with van der Waals surface area (Å²) >= 11 is 16.5. The summed E-state index contributed by atoms with van der Waals surface area (Å²) in [5.41, 5.74) is 4.95. The maximum Gasteiger partial charge on any atom is 0.280 e. The van der Waals surface area contributed by atoms with Crippen molar-refractivity contribution < 1.29 is 14.4 Å². The molecule has 152 valence electrons. The molecule has 0 saturated heterocycles. The maximum atomic E-state index is 11.8. The lowest BCUT2D eigenvalue weighted by atomic mass is 10.1. The first-order valence-electron chi connectivity index (χ1n) is 8.28. The number of rotatable bonds is 7. The van der Waals surface area contributed by atoms with Crippen molar-refractivity contribution in [2.75, 3.05) is 11.9 Å². The Morgan fingerprint density at radius 1 is 1.07 bits per heavy atom. The molecule has 0 aliphatic rings. The molecule has 0 aromatic heterocycles. The highest BCUT2D eigenvalue weighted by Crippen LogP contribution is 2.27. The first kappa shape index (κ1) is 22.7. The van der Waals surface area contributed by atoms with E-state index in [1.165, 1.54) is 6.21 Å². The van der Waals surface area contributed by atoms with Crippen LogP contribution in [0.5, 0.6) is 0 Å². The molecule has 0 heterocycles. The van der Waals surface area contributed by atoms with Gasteiger partial charge >= 0.3 is 0 Å². The molecule has 0 radical (unpaired) electrons. The Bertz CT molecular complexity index is 895. The first-order chi connectivity index (χ1) is 13.8. The summed E-state index contributed by atoms with van der Waals surface area (Å²) in [4.78, 5) is 28.3. The molecule has 2 aromatic rings. The Morgan fingerprint density at radius 3 is 2.34 bits per heavy atom. The van der Waals surface area contributed by atoms with E-state index in [0.29, 0.717) is 11.4 Å². The van der Waals surface area contributed by atoms with E-state index in [-0.39, 0.29) is 6.61 Å². The molecule has 7 nitrogen and oxygen atoms in total. The van der Waals surface area contributed by atoms with Crippen LogP contribution < -0.4 is 10.7 Å². The molecule has 2 aromatic carbocycles. The number of carbonyl (C=O) groups is 2. The number of hydrazone groups is 1. The highest BCUT2D eigenvalue weighted by molar-refractivity contribution is 6.76. The van der Waals surface area contributed by atoms with Crippen LogP contribution in [0.15, 0.2) is 64.9 Å². The van der Waals surface area contributed by atoms with Crippen molar-refractivity contribution in [1.29, 1.82) is 0 Å². The van der Waals surface area contributed by atoms with Gasteiger partial charge in [0.25, 0.3) is 15.6 Å². The predicted octanol–water partition coefficient (Wildman–Crippen LogP) is 3.89. The van der Waals surface area contributed by atoms with E-state index in [2.05, 4.69) is 21.0 Å². The molecule has 0 saturated carbocycles. The van der Waals surface area contributed by atoms with Crippen molar-refractivity contribution in [3.8, 4) is 0 Å². The molecule has 29 heavy (non-hydrogen) atoms. The average Bonchev–Trinajstić information content (AvgIpc) is 2.70. The number of benzene rings is 2. The Hall–Kier alpha value is -2.61. The van der Waals surface area contributed by atoms with Gasteiger partial charge in [0.15, 0.2) is 6.61 Å². The number of amides is 2. The number of alkyl halides is 3. The lowest BCUT2D eigenvalue weighted by Crippen LogP contribution is -2.26. The number of nitrogens with zero attached hydrogens (tertiary/aromatic N) is 2. The van der Waals surface area contributed by atoms with Gasteiger partial charge in [-0.2, -0.15) is 5.10 Å². The van der Waals surface area contributed by atoms with Gasteiger partial charge in [0, 0.05) is 5.69 Å². The van der Waals surface area contributed by atoms with E-state index in [1.807, 2.05) is 30.3 Å². The second-order valence-corrected chi connectivity index (χ2v) is 7.96. The highest BCUT2D eigenvalue weighted by atomic mass is 35.6. The minimum atomic E-state index is -2.05. The van der Waals surface area contributed by atoms with Crippen LogP contribution in [0.2, 0.25) is 0 Å². The van der Waals surface area contributed by atoms with Crippen LogP contribution in [0.3, 0.4) is 0 Å². The fraction of sp³-hybridized carbons (Fsp3) is 0.158. The average molecular weight is 456 g/mol. The number of halogens is 3. The molecule has 0 aliphatic carbocycles. The topological polar surface area (TPSA) is 92.2 Å². The van der Waals surface area contributed by atoms with E-state index in [4.69, 9.17) is 39.6 Å². The molecule has 0 atom stereocenters. The van der Waals surface area contributed by atoms with Crippen LogP contribution in [0.1, 0.15) is 18.1 Å². The first-order valence-corrected chi connectivity index (χ1v) is 9.41. The van der Waals surface area contributed by atoms with Gasteiger partial charge in [0.1, 0.15) is 0 Å². The highest BCUT2D eigenvalue weighted by Gasteiger charge is 2.30. The number of oxime groups is 1. The van der Waals surface area contributed by atoms with E-state index in [1.54, 1.807) is 31.2 Å². The molecule has 0 bridgehead atoms. The third kappa shape index (κ3) is 8.11. The van der Waals surface area contributed by atoms with Gasteiger partial charge in [-0.25, -0.2) is 5.43 Å². The summed E-state index contributed by atoms with van der Waals surface area (Å²) in [6, 6.07) is 16.0. The maximum absolute atomic E-state index is 11.8. The fourth-order valence-corrected chi connectivity index (χ4v) is 2.11. The normalized spacial score (nSPS) is 11.9. The zero-order valence-corrected chi connectivity index (χ0v) is 17.5. The molecular weight excluding hydrogens is 439 g/mol. The largest absolute Gasteiger partial charge is 0.386 e. The summed E-state index contributed by atoms with van der Waals surface area (Å²) in [6.45, 7) is 1.44. The molecule has 0 fully saturated rings. The van der Waals surface area contributed by atoms with Gasteiger partial charge in [0.05, 0.1) is 11.9 Å². The molecule has 2 N–H and O–H groups in total. The lowest BCUT2D eigenvalue weighted by Gasteiger charge is -2.11. The van der Waals surface area contributed by atoms with Gasteiger partial charge in [-0.1, -0.05) is 82.4 Å². The van der Waals surface area contributed by atoms with Crippen LogP contribution >= 0.6 is 34.8 Å². The summed E-state index contributed by atoms with van der Waals surface area (Å²) in [7, 11) is 0. The van der Waals surface area contributed by atoms with Crippen molar-refractivity contribution in [3.63, 3.8) is 0 Å². The minimum absolute atomic E-state index is 0.276. The SMILES string of the molecule is CC(=NNC(=O)CON=Cc1ccccc1)c1ccc(NC(=O)C(Cl)(Cl)Cl)cc1. The van der Waals surface area contributed by atoms with E-state index in [9.17, 15) is 9.59 Å². The summed E-state index contributed by atoms with van der Waals surface area (Å²) in [5.74, 6) is -1.22. The Morgan fingerprint density at radius 2 is 1.72 bits per heavy atom. The fourth-order valence-electron chi connectivity index (χ4n) is 1.97. The number of carbonyl (C=O) groups excluding carboxylic acids is 2. The smallest absolute Gasteiger partial charge is 0.280 e. The van der Waals surface area contributed by atoms with Crippen LogP contribution in [-0.2, 0) is 14.4 Å². The Balaban J connectivity index is 1.81. The van der Waals surface area contributed by atoms with Crippen LogP contribution in [0.25, 0.3) is 0 Å². The van der Waals surface area contributed by atoms with Gasteiger partial charge in [-0.15, -0.1) is 0 Å². The van der Waals surface area contributed by atoms with E-state index < -0.39 is 15.6 Å². The van der Waals surface area contributed by atoms with Crippen molar-refractivity contribution in [2.45, 2.75) is 10.7 Å². The zero-order chi connectivity index (χ0) is 21.3. The van der Waals surface area contributed by atoms with E-state index >= 15 is 0 Å². The predicted molar refractivity (Wildman–Crippen MR) is 116 cm³/mol. The molecule has 2 amide bonds. The monoisotopic (exact) mass is 454 g/mol. The quantitative estimate of drug-likeness (QED) is 0.377. The molecular formula is C19H17Cl3N4O3. The molecule has 2 rings (SSSR count). The molecule has 0 aliphatic heterocycles. The number of nitrogens with one attached hydrogen (secondary N) is 2. The molecule has 0 unspecified atom stereocenters.